The summed E-state index contributed by atoms with van der Waals surface area (Å²) < 4.78 is 20.9. The first-order valence-corrected chi connectivity index (χ1v) is 15.7. The van der Waals surface area contributed by atoms with E-state index < -0.39 is 7.14 Å². The van der Waals surface area contributed by atoms with Crippen LogP contribution in [-0.2, 0) is 11.1 Å². The molecule has 0 fully saturated rings. The van der Waals surface area contributed by atoms with Gasteiger partial charge >= 0.3 is 0 Å². The maximum atomic E-state index is 15.4. The Labute approximate surface area is 238 Å². The van der Waals surface area contributed by atoms with Crippen LogP contribution in [0.4, 0.5) is 0 Å². The zero-order chi connectivity index (χ0) is 27.8. The van der Waals surface area contributed by atoms with Crippen LogP contribution in [0.1, 0.15) is 35.7 Å². The van der Waals surface area contributed by atoms with Crippen molar-refractivity contribution in [1.82, 2.24) is 4.90 Å². The predicted molar refractivity (Wildman–Crippen MR) is 167 cm³/mol. The lowest BCUT2D eigenvalue weighted by Crippen LogP contribution is -2.35. The summed E-state index contributed by atoms with van der Waals surface area (Å²) >= 11 is 0. The van der Waals surface area contributed by atoms with E-state index >= 15 is 4.57 Å². The molecule has 0 saturated heterocycles. The monoisotopic (exact) mass is 545 g/mol. The van der Waals surface area contributed by atoms with Gasteiger partial charge in [0, 0.05) is 35.4 Å². The number of nitrogens with zero attached hydrogens (tertiary/aromatic N) is 1. The third-order valence-corrected chi connectivity index (χ3v) is 10.8. The predicted octanol–water partition coefficient (Wildman–Crippen LogP) is 8.01. The van der Waals surface area contributed by atoms with Crippen LogP contribution in [0, 0.1) is 0 Å². The zero-order valence-corrected chi connectivity index (χ0v) is 24.0. The fourth-order valence-electron chi connectivity index (χ4n) is 5.40. The lowest BCUT2D eigenvalue weighted by Gasteiger charge is -2.39. The SMILES string of the molecule is COc1ccc([C@@H](CP(=O)(c2ccccc2)c2ccccc2)N(Cc2ccccc2)[C@H](C)c2ccccc2)cc1. The van der Waals surface area contributed by atoms with Gasteiger partial charge in [0.2, 0.25) is 0 Å². The number of methoxy groups -OCH3 is 1. The maximum Gasteiger partial charge on any atom is 0.145 e. The highest BCUT2D eigenvalue weighted by Gasteiger charge is 2.36. The van der Waals surface area contributed by atoms with Gasteiger partial charge in [0.1, 0.15) is 12.9 Å². The first kappa shape index (κ1) is 27.6. The van der Waals surface area contributed by atoms with E-state index in [1.54, 1.807) is 7.11 Å². The van der Waals surface area contributed by atoms with Gasteiger partial charge in [0.05, 0.1) is 7.11 Å². The molecule has 0 bridgehead atoms. The first-order valence-electron chi connectivity index (χ1n) is 13.8. The Hall–Kier alpha value is -3.91. The molecule has 2 atom stereocenters. The Balaban J connectivity index is 1.67. The molecule has 0 unspecified atom stereocenters. The van der Waals surface area contributed by atoms with Gasteiger partial charge in [-0.25, -0.2) is 0 Å². The fraction of sp³-hybridized carbons (Fsp3) is 0.167. The van der Waals surface area contributed by atoms with Gasteiger partial charge in [-0.1, -0.05) is 133 Å². The van der Waals surface area contributed by atoms with Crippen LogP contribution >= 0.6 is 7.14 Å². The van der Waals surface area contributed by atoms with Crippen molar-refractivity contribution >= 4 is 17.8 Å². The molecule has 0 aromatic heterocycles. The highest BCUT2D eigenvalue weighted by Crippen LogP contribution is 2.49. The van der Waals surface area contributed by atoms with Gasteiger partial charge < -0.3 is 9.30 Å². The first-order chi connectivity index (χ1) is 19.6. The van der Waals surface area contributed by atoms with E-state index in [2.05, 4.69) is 84.6 Å². The number of benzene rings is 5. The molecule has 0 aliphatic carbocycles. The van der Waals surface area contributed by atoms with Crippen molar-refractivity contribution in [3.05, 3.63) is 162 Å². The lowest BCUT2D eigenvalue weighted by molar-refractivity contribution is 0.146. The van der Waals surface area contributed by atoms with E-state index in [1.807, 2.05) is 72.8 Å². The second kappa shape index (κ2) is 13.0. The Morgan fingerprint density at radius 3 is 1.60 bits per heavy atom. The highest BCUT2D eigenvalue weighted by atomic mass is 31.2. The normalized spacial score (nSPS) is 13.1. The average molecular weight is 546 g/mol. The molecule has 40 heavy (non-hydrogen) atoms. The molecule has 0 saturated carbocycles. The van der Waals surface area contributed by atoms with E-state index in [-0.39, 0.29) is 12.1 Å². The van der Waals surface area contributed by atoms with Gasteiger partial charge in [-0.05, 0) is 35.7 Å². The molecule has 5 aromatic carbocycles. The summed E-state index contributed by atoms with van der Waals surface area (Å²) in [5.41, 5.74) is 3.57. The van der Waals surface area contributed by atoms with Crippen molar-refractivity contribution < 1.29 is 9.30 Å². The lowest BCUT2D eigenvalue weighted by atomic mass is 9.99. The van der Waals surface area contributed by atoms with E-state index in [0.29, 0.717) is 6.16 Å². The average Bonchev–Trinajstić information content (AvgIpc) is 3.04. The van der Waals surface area contributed by atoms with Crippen LogP contribution in [0.25, 0.3) is 0 Å². The van der Waals surface area contributed by atoms with E-state index in [4.69, 9.17) is 4.74 Å². The van der Waals surface area contributed by atoms with Crippen molar-refractivity contribution in [2.24, 2.45) is 0 Å². The van der Waals surface area contributed by atoms with Crippen LogP contribution in [-0.4, -0.2) is 18.2 Å². The van der Waals surface area contributed by atoms with Crippen LogP contribution in [0.15, 0.2) is 146 Å². The smallest absolute Gasteiger partial charge is 0.145 e. The van der Waals surface area contributed by atoms with E-state index in [9.17, 15) is 0 Å². The molecule has 0 amide bonds. The van der Waals surface area contributed by atoms with E-state index in [1.165, 1.54) is 11.1 Å². The van der Waals surface area contributed by atoms with Gasteiger partial charge in [0.15, 0.2) is 0 Å². The maximum absolute atomic E-state index is 15.4. The van der Waals surface area contributed by atoms with Gasteiger partial charge in [-0.3, -0.25) is 4.90 Å². The largest absolute Gasteiger partial charge is 0.497 e. The second-order valence-corrected chi connectivity index (χ2v) is 13.0. The Bertz CT molecular complexity index is 1460. The molecule has 0 spiro atoms. The topological polar surface area (TPSA) is 29.5 Å². The summed E-state index contributed by atoms with van der Waals surface area (Å²) in [7, 11) is -1.34. The molecule has 0 heterocycles. The second-order valence-electron chi connectivity index (χ2n) is 10.1. The third kappa shape index (κ3) is 6.28. The van der Waals surface area contributed by atoms with Crippen molar-refractivity contribution in [3.63, 3.8) is 0 Å². The summed E-state index contributed by atoms with van der Waals surface area (Å²) in [6.45, 7) is 2.97. The minimum absolute atomic E-state index is 0.0773. The summed E-state index contributed by atoms with van der Waals surface area (Å²) in [6, 6.07) is 49.3. The minimum Gasteiger partial charge on any atom is -0.497 e. The van der Waals surface area contributed by atoms with Crippen molar-refractivity contribution in [2.45, 2.75) is 25.6 Å². The highest BCUT2D eigenvalue weighted by molar-refractivity contribution is 7.78. The summed E-state index contributed by atoms with van der Waals surface area (Å²) in [6.07, 6.45) is 0.470. The molecule has 202 valence electrons. The molecule has 0 aliphatic rings. The quantitative estimate of drug-likeness (QED) is 0.158. The standard InChI is InChI=1S/C36H36NO2P/c1-29(31-17-9-4-10-18-31)37(27-30-15-7-3-8-16-30)36(32-23-25-33(39-2)26-24-32)28-40(38,34-19-11-5-12-20-34)35-21-13-6-14-22-35/h3-26,29,36H,27-28H2,1-2H3/t29-,36-/m1/s1. The number of ether oxygens (including phenoxy) is 1. The van der Waals surface area contributed by atoms with Crippen molar-refractivity contribution in [1.29, 1.82) is 0 Å². The third-order valence-electron chi connectivity index (χ3n) is 7.66. The fourth-order valence-corrected chi connectivity index (χ4v) is 8.34. The zero-order valence-electron chi connectivity index (χ0n) is 23.1. The van der Waals surface area contributed by atoms with Crippen LogP contribution in [0.5, 0.6) is 5.75 Å². The summed E-state index contributed by atoms with van der Waals surface area (Å²) in [5, 5.41) is 1.76. The number of hydrogen-bond donors (Lipinski definition) is 0. The van der Waals surface area contributed by atoms with Crippen LogP contribution < -0.4 is 15.3 Å². The van der Waals surface area contributed by atoms with Crippen molar-refractivity contribution in [2.75, 3.05) is 13.3 Å². The molecule has 0 aliphatic heterocycles. The van der Waals surface area contributed by atoms with Gasteiger partial charge in [0.25, 0.3) is 0 Å². The Morgan fingerprint density at radius 2 is 1.10 bits per heavy atom. The molecular formula is C36H36NO2P. The Morgan fingerprint density at radius 1 is 0.625 bits per heavy atom. The molecule has 5 aromatic rings. The number of rotatable bonds is 11. The van der Waals surface area contributed by atoms with Crippen molar-refractivity contribution in [3.8, 4) is 5.75 Å². The molecule has 4 heteroatoms. The van der Waals surface area contributed by atoms with Crippen LogP contribution in [0.2, 0.25) is 0 Å². The summed E-state index contributed by atoms with van der Waals surface area (Å²) in [4.78, 5) is 2.50. The minimum atomic E-state index is -3.03. The van der Waals surface area contributed by atoms with Crippen LogP contribution in [0.3, 0.4) is 0 Å². The molecule has 3 nitrogen and oxygen atoms in total. The number of hydrogen-bond acceptors (Lipinski definition) is 3. The van der Waals surface area contributed by atoms with Gasteiger partial charge in [-0.2, -0.15) is 0 Å². The molecule has 5 rings (SSSR count). The molecular weight excluding hydrogens is 509 g/mol. The van der Waals surface area contributed by atoms with E-state index in [0.717, 1.165) is 28.5 Å². The van der Waals surface area contributed by atoms with Gasteiger partial charge in [-0.15, -0.1) is 0 Å². The summed E-state index contributed by atoms with van der Waals surface area (Å²) in [5.74, 6) is 0.808. The molecule has 0 N–H and O–H groups in total. The molecule has 0 radical (unpaired) electrons. The Kier molecular flexibility index (Phi) is 8.96.